The Bertz CT molecular complexity index is 97.0. The van der Waals surface area contributed by atoms with E-state index in [9.17, 15) is 0 Å². The quantitative estimate of drug-likeness (QED) is 0.480. The van der Waals surface area contributed by atoms with E-state index in [0.717, 1.165) is 26.2 Å². The molecule has 1 saturated heterocycles. The molecule has 1 aliphatic rings. The molecular weight excluding hydrogens is 130 g/mol. The first-order chi connectivity index (χ1) is 4.83. The average Bonchev–Trinajstić information content (AvgIpc) is 1.88. The van der Waals surface area contributed by atoms with Crippen molar-refractivity contribution >= 4 is 0 Å². The first-order valence-corrected chi connectivity index (χ1v) is 3.58. The fourth-order valence-electron chi connectivity index (χ4n) is 1.12. The van der Waals surface area contributed by atoms with Gasteiger partial charge < -0.3 is 10.8 Å². The number of rotatable bonds is 2. The second-order valence-corrected chi connectivity index (χ2v) is 2.50. The smallest absolute Gasteiger partial charge is 0.0840 e. The zero-order valence-electron chi connectivity index (χ0n) is 6.03. The van der Waals surface area contributed by atoms with E-state index in [1.807, 2.05) is 0 Å². The van der Waals surface area contributed by atoms with Crippen molar-refractivity contribution in [2.75, 3.05) is 32.8 Å². The molecule has 0 aromatic carbocycles. The first kappa shape index (κ1) is 7.94. The normalized spacial score (nSPS) is 28.8. The maximum atomic E-state index is 8.59. The second kappa shape index (κ2) is 3.88. The van der Waals surface area contributed by atoms with E-state index < -0.39 is 0 Å². The maximum Gasteiger partial charge on any atom is 0.0840 e. The van der Waals surface area contributed by atoms with E-state index in [4.69, 9.17) is 10.8 Å². The molecule has 0 aromatic rings. The summed E-state index contributed by atoms with van der Waals surface area (Å²) in [4.78, 5) is 2.12. The van der Waals surface area contributed by atoms with Gasteiger partial charge in [0.05, 0.1) is 12.8 Å². The highest BCUT2D eigenvalue weighted by atomic mass is 16.3. The molecule has 4 nitrogen and oxygen atoms in total. The van der Waals surface area contributed by atoms with Crippen molar-refractivity contribution in [2.45, 2.75) is 6.17 Å². The lowest BCUT2D eigenvalue weighted by molar-refractivity contribution is 0.157. The molecule has 1 rings (SSSR count). The van der Waals surface area contributed by atoms with Crippen molar-refractivity contribution in [1.82, 2.24) is 10.2 Å². The van der Waals surface area contributed by atoms with E-state index in [1.165, 1.54) is 0 Å². The molecule has 1 aliphatic heterocycles. The van der Waals surface area contributed by atoms with Gasteiger partial charge in [-0.05, 0) is 0 Å². The van der Waals surface area contributed by atoms with Gasteiger partial charge in [0.25, 0.3) is 0 Å². The molecule has 1 fully saturated rings. The standard InChI is InChI=1S/C6H14N3O/c7-6-5-9(3-4-10)2-1-8-6/h6,10H,1-5,7H2. The molecule has 0 saturated carbocycles. The molecule has 1 unspecified atom stereocenters. The van der Waals surface area contributed by atoms with Gasteiger partial charge in [-0.2, -0.15) is 0 Å². The Hall–Kier alpha value is -0.160. The van der Waals surface area contributed by atoms with Crippen LogP contribution in [0, 0.1) is 0 Å². The Labute approximate surface area is 61.0 Å². The number of hydrogen-bond donors (Lipinski definition) is 2. The lowest BCUT2D eigenvalue weighted by Crippen LogP contribution is -2.51. The predicted molar refractivity (Wildman–Crippen MR) is 38.5 cm³/mol. The van der Waals surface area contributed by atoms with Crippen LogP contribution in [0.5, 0.6) is 0 Å². The van der Waals surface area contributed by atoms with Crippen LogP contribution in [-0.2, 0) is 0 Å². The molecule has 0 aliphatic carbocycles. The van der Waals surface area contributed by atoms with Crippen LogP contribution in [-0.4, -0.2) is 49.0 Å². The largest absolute Gasteiger partial charge is 0.395 e. The monoisotopic (exact) mass is 144 g/mol. The molecule has 1 atom stereocenters. The lowest BCUT2D eigenvalue weighted by atomic mass is 10.3. The van der Waals surface area contributed by atoms with Crippen LogP contribution in [0.15, 0.2) is 0 Å². The van der Waals surface area contributed by atoms with Crippen LogP contribution in [0.25, 0.3) is 0 Å². The summed E-state index contributed by atoms with van der Waals surface area (Å²) in [6, 6.07) is 0. The Kier molecular flexibility index (Phi) is 3.08. The van der Waals surface area contributed by atoms with Crippen LogP contribution in [0.2, 0.25) is 0 Å². The Morgan fingerprint density at radius 3 is 3.10 bits per heavy atom. The molecule has 4 heteroatoms. The number of aliphatic hydroxyl groups is 1. The second-order valence-electron chi connectivity index (χ2n) is 2.50. The van der Waals surface area contributed by atoms with Crippen LogP contribution in [0.4, 0.5) is 0 Å². The highest BCUT2D eigenvalue weighted by Crippen LogP contribution is 1.94. The molecule has 0 aromatic heterocycles. The number of nitrogens with two attached hydrogens (primary N) is 1. The van der Waals surface area contributed by atoms with Gasteiger partial charge in [0.15, 0.2) is 0 Å². The molecule has 1 heterocycles. The molecule has 1 radical (unpaired) electrons. The van der Waals surface area contributed by atoms with Gasteiger partial charge in [-0.25, -0.2) is 5.32 Å². The van der Waals surface area contributed by atoms with E-state index >= 15 is 0 Å². The highest BCUT2D eigenvalue weighted by molar-refractivity contribution is 4.72. The summed E-state index contributed by atoms with van der Waals surface area (Å²) in [7, 11) is 0. The Balaban J connectivity index is 2.18. The van der Waals surface area contributed by atoms with Gasteiger partial charge in [-0.15, -0.1) is 0 Å². The van der Waals surface area contributed by atoms with Crippen molar-refractivity contribution in [3.05, 3.63) is 0 Å². The maximum absolute atomic E-state index is 8.59. The van der Waals surface area contributed by atoms with Gasteiger partial charge in [0.1, 0.15) is 0 Å². The summed E-state index contributed by atoms with van der Waals surface area (Å²) in [6.07, 6.45) is -0.0414. The minimum Gasteiger partial charge on any atom is -0.395 e. The molecular formula is C6H14N3O. The number of β-amino-alcohol motifs (C(OH)–C–C–N with tert-alkyl or cyclic N) is 1. The number of piperazine rings is 1. The van der Waals surface area contributed by atoms with Gasteiger partial charge >= 0.3 is 0 Å². The number of hydrogen-bond acceptors (Lipinski definition) is 3. The number of nitrogens with zero attached hydrogens (tertiary/aromatic N) is 2. The summed E-state index contributed by atoms with van der Waals surface area (Å²) < 4.78 is 0. The van der Waals surface area contributed by atoms with Crippen molar-refractivity contribution < 1.29 is 5.11 Å². The summed E-state index contributed by atoms with van der Waals surface area (Å²) in [6.45, 7) is 3.48. The van der Waals surface area contributed by atoms with Crippen LogP contribution >= 0.6 is 0 Å². The van der Waals surface area contributed by atoms with Crippen LogP contribution < -0.4 is 11.1 Å². The van der Waals surface area contributed by atoms with Crippen molar-refractivity contribution in [3.8, 4) is 0 Å². The van der Waals surface area contributed by atoms with Crippen molar-refractivity contribution in [2.24, 2.45) is 5.73 Å². The third-order valence-electron chi connectivity index (χ3n) is 1.64. The third kappa shape index (κ3) is 2.22. The van der Waals surface area contributed by atoms with Crippen molar-refractivity contribution in [3.63, 3.8) is 0 Å². The van der Waals surface area contributed by atoms with Gasteiger partial charge in [-0.1, -0.05) is 0 Å². The van der Waals surface area contributed by atoms with Gasteiger partial charge in [-0.3, -0.25) is 4.90 Å². The summed E-state index contributed by atoms with van der Waals surface area (Å²) in [5.41, 5.74) is 5.57. The molecule has 59 valence electrons. The predicted octanol–water partition coefficient (Wildman–Crippen LogP) is -1.82. The average molecular weight is 144 g/mol. The molecule has 10 heavy (non-hydrogen) atoms. The molecule has 0 bridgehead atoms. The molecule has 0 amide bonds. The summed E-state index contributed by atoms with van der Waals surface area (Å²) in [5.74, 6) is 0. The lowest BCUT2D eigenvalue weighted by Gasteiger charge is -2.29. The Morgan fingerprint density at radius 1 is 1.70 bits per heavy atom. The van der Waals surface area contributed by atoms with E-state index in [-0.39, 0.29) is 12.8 Å². The Morgan fingerprint density at radius 2 is 2.50 bits per heavy atom. The van der Waals surface area contributed by atoms with Crippen LogP contribution in [0.3, 0.4) is 0 Å². The molecule has 0 spiro atoms. The van der Waals surface area contributed by atoms with Gasteiger partial charge in [0.2, 0.25) is 0 Å². The molecule has 3 N–H and O–H groups in total. The minimum absolute atomic E-state index is 0.0414. The third-order valence-corrected chi connectivity index (χ3v) is 1.64. The highest BCUT2D eigenvalue weighted by Gasteiger charge is 2.15. The topological polar surface area (TPSA) is 63.6 Å². The fraction of sp³-hybridized carbons (Fsp3) is 1.00. The first-order valence-electron chi connectivity index (χ1n) is 3.58. The van der Waals surface area contributed by atoms with Crippen molar-refractivity contribution in [1.29, 1.82) is 0 Å². The fourth-order valence-corrected chi connectivity index (χ4v) is 1.12. The number of aliphatic hydroxyl groups excluding tert-OH is 1. The summed E-state index contributed by atoms with van der Waals surface area (Å²) >= 11 is 0. The van der Waals surface area contributed by atoms with E-state index in [2.05, 4.69) is 10.2 Å². The van der Waals surface area contributed by atoms with Crippen LogP contribution in [0.1, 0.15) is 0 Å². The minimum atomic E-state index is -0.0414. The van der Waals surface area contributed by atoms with E-state index in [0.29, 0.717) is 0 Å². The summed E-state index contributed by atoms with van der Waals surface area (Å²) in [5, 5.41) is 12.7. The zero-order chi connectivity index (χ0) is 7.40. The zero-order valence-corrected chi connectivity index (χ0v) is 6.03. The SMILES string of the molecule is NC1CN(CCO)CC[N]1. The van der Waals surface area contributed by atoms with Gasteiger partial charge in [0, 0.05) is 26.2 Å². The van der Waals surface area contributed by atoms with E-state index in [1.54, 1.807) is 0 Å².